The van der Waals surface area contributed by atoms with Crippen molar-refractivity contribution in [1.82, 2.24) is 4.90 Å². The Morgan fingerprint density at radius 1 is 1.19 bits per heavy atom. The summed E-state index contributed by atoms with van der Waals surface area (Å²) in [5, 5.41) is 0. The molecule has 0 radical (unpaired) electrons. The molecule has 140 valence electrons. The Balaban J connectivity index is 2.12. The van der Waals surface area contributed by atoms with Crippen LogP contribution in [0.5, 0.6) is 0 Å². The van der Waals surface area contributed by atoms with Crippen molar-refractivity contribution in [3.05, 3.63) is 35.9 Å². The van der Waals surface area contributed by atoms with Gasteiger partial charge in [0, 0.05) is 18.7 Å². The highest BCUT2D eigenvalue weighted by molar-refractivity contribution is 6.05. The van der Waals surface area contributed by atoms with E-state index in [2.05, 4.69) is 14.7 Å². The lowest BCUT2D eigenvalue weighted by Crippen LogP contribution is -2.55. The highest BCUT2D eigenvalue weighted by atomic mass is 19.4. The maximum absolute atomic E-state index is 13.8. The van der Waals surface area contributed by atoms with Gasteiger partial charge in [0.05, 0.1) is 20.3 Å². The number of aliphatic imine (C=N–C) groups is 2. The Morgan fingerprint density at radius 3 is 2.42 bits per heavy atom. The topological polar surface area (TPSA) is 72.7 Å². The van der Waals surface area contributed by atoms with Crippen molar-refractivity contribution in [3.8, 4) is 0 Å². The number of hydrogen-bond donors (Lipinski definition) is 0. The van der Waals surface area contributed by atoms with E-state index in [0.29, 0.717) is 13.2 Å². The number of ether oxygens (including phenoxy) is 3. The standard InChI is InChI=1S/C16H16F3N3O4/c1-24-13(23)15(16(17,18)19)20-12(11-5-3-2-4-6-11)26-14(21-15)22-7-9-25-10-8-22/h2-6H,7-10H2,1H3/t15-/m0/s1. The molecule has 0 spiro atoms. The van der Waals surface area contributed by atoms with Crippen LogP contribution in [0.4, 0.5) is 13.2 Å². The number of amidine groups is 1. The Kier molecular flexibility index (Phi) is 4.86. The zero-order chi connectivity index (χ0) is 18.8. The van der Waals surface area contributed by atoms with Crippen molar-refractivity contribution < 1.29 is 32.2 Å². The maximum Gasteiger partial charge on any atom is 0.446 e. The third-order valence-electron chi connectivity index (χ3n) is 3.88. The molecule has 0 N–H and O–H groups in total. The van der Waals surface area contributed by atoms with Gasteiger partial charge in [-0.25, -0.2) is 4.79 Å². The molecule has 0 aliphatic carbocycles. The highest BCUT2D eigenvalue weighted by Gasteiger charge is 2.65. The van der Waals surface area contributed by atoms with Crippen molar-refractivity contribution >= 4 is 17.9 Å². The minimum atomic E-state index is -5.11. The van der Waals surface area contributed by atoms with E-state index in [9.17, 15) is 18.0 Å². The van der Waals surface area contributed by atoms with Crippen molar-refractivity contribution in [2.24, 2.45) is 9.98 Å². The number of carbonyl (C=O) groups is 1. The molecule has 7 nitrogen and oxygen atoms in total. The summed E-state index contributed by atoms with van der Waals surface area (Å²) < 4.78 is 56.6. The lowest BCUT2D eigenvalue weighted by Gasteiger charge is -2.35. The summed E-state index contributed by atoms with van der Waals surface area (Å²) in [6.45, 7) is 1.15. The van der Waals surface area contributed by atoms with E-state index in [1.807, 2.05) is 0 Å². The summed E-state index contributed by atoms with van der Waals surface area (Å²) in [7, 11) is 0.854. The summed E-state index contributed by atoms with van der Waals surface area (Å²) in [6.07, 6.45) is -5.11. The average Bonchev–Trinajstić information content (AvgIpc) is 2.67. The van der Waals surface area contributed by atoms with Crippen molar-refractivity contribution in [2.75, 3.05) is 33.4 Å². The number of halogens is 3. The molecule has 2 heterocycles. The molecule has 10 heteroatoms. The van der Waals surface area contributed by atoms with Crippen LogP contribution in [-0.4, -0.2) is 68.0 Å². The molecular formula is C16H16F3N3O4. The van der Waals surface area contributed by atoms with Gasteiger partial charge >= 0.3 is 17.8 Å². The van der Waals surface area contributed by atoms with Gasteiger partial charge in [0.2, 0.25) is 5.90 Å². The van der Waals surface area contributed by atoms with Gasteiger partial charge in [0.1, 0.15) is 0 Å². The molecule has 2 aliphatic heterocycles. The van der Waals surface area contributed by atoms with Crippen LogP contribution in [0.3, 0.4) is 0 Å². The molecule has 0 amide bonds. The molecule has 0 saturated carbocycles. The van der Waals surface area contributed by atoms with Gasteiger partial charge in [-0.1, -0.05) is 18.2 Å². The molecule has 1 atom stereocenters. The van der Waals surface area contributed by atoms with Gasteiger partial charge < -0.3 is 19.1 Å². The van der Waals surface area contributed by atoms with E-state index in [1.165, 1.54) is 17.0 Å². The SMILES string of the molecule is COC(=O)[C@]1(C(F)(F)F)N=C(c2ccccc2)OC(N2CCOCC2)=N1. The van der Waals surface area contributed by atoms with Crippen LogP contribution < -0.4 is 0 Å². The predicted molar refractivity (Wildman–Crippen MR) is 84.7 cm³/mol. The summed E-state index contributed by atoms with van der Waals surface area (Å²) >= 11 is 0. The summed E-state index contributed by atoms with van der Waals surface area (Å²) in [4.78, 5) is 20.6. The summed E-state index contributed by atoms with van der Waals surface area (Å²) in [5.74, 6) is -1.99. The van der Waals surface area contributed by atoms with Crippen LogP contribution in [0, 0.1) is 0 Å². The number of morpholine rings is 1. The van der Waals surface area contributed by atoms with Crippen molar-refractivity contribution in [1.29, 1.82) is 0 Å². The number of carbonyl (C=O) groups excluding carboxylic acids is 1. The number of methoxy groups -OCH3 is 1. The van der Waals surface area contributed by atoms with Crippen LogP contribution in [0.25, 0.3) is 0 Å². The largest absolute Gasteiger partial charge is 0.465 e. The van der Waals surface area contributed by atoms with Gasteiger partial charge in [0.25, 0.3) is 6.02 Å². The van der Waals surface area contributed by atoms with E-state index in [1.54, 1.807) is 18.2 Å². The minimum Gasteiger partial charge on any atom is -0.465 e. The van der Waals surface area contributed by atoms with Crippen LogP contribution in [0.2, 0.25) is 0 Å². The lowest BCUT2D eigenvalue weighted by molar-refractivity contribution is -0.202. The Hall–Kier alpha value is -2.62. The fourth-order valence-corrected chi connectivity index (χ4v) is 2.51. The number of nitrogens with zero attached hydrogens (tertiary/aromatic N) is 3. The monoisotopic (exact) mass is 371 g/mol. The fourth-order valence-electron chi connectivity index (χ4n) is 2.51. The second-order valence-electron chi connectivity index (χ2n) is 5.54. The molecule has 26 heavy (non-hydrogen) atoms. The van der Waals surface area contributed by atoms with Crippen LogP contribution >= 0.6 is 0 Å². The number of esters is 1. The Labute approximate surface area is 147 Å². The van der Waals surface area contributed by atoms with E-state index >= 15 is 0 Å². The third kappa shape index (κ3) is 3.24. The maximum atomic E-state index is 13.8. The molecule has 1 aromatic carbocycles. The number of alkyl halides is 3. The molecule has 0 unspecified atom stereocenters. The number of benzene rings is 1. The second-order valence-corrected chi connectivity index (χ2v) is 5.54. The van der Waals surface area contributed by atoms with Gasteiger partial charge in [-0.05, 0) is 12.1 Å². The predicted octanol–water partition coefficient (Wildman–Crippen LogP) is 1.58. The van der Waals surface area contributed by atoms with E-state index in [0.717, 1.165) is 7.11 Å². The van der Waals surface area contributed by atoms with Gasteiger partial charge in [0.15, 0.2) is 0 Å². The van der Waals surface area contributed by atoms with Gasteiger partial charge in [-0.15, -0.1) is 0 Å². The smallest absolute Gasteiger partial charge is 0.446 e. The molecule has 1 saturated heterocycles. The van der Waals surface area contributed by atoms with Gasteiger partial charge in [-0.3, -0.25) is 0 Å². The zero-order valence-electron chi connectivity index (χ0n) is 13.8. The van der Waals surface area contributed by atoms with E-state index in [4.69, 9.17) is 9.47 Å². The first-order chi connectivity index (χ1) is 12.4. The molecular weight excluding hydrogens is 355 g/mol. The second kappa shape index (κ2) is 6.94. The Bertz CT molecular complexity index is 730. The van der Waals surface area contributed by atoms with Gasteiger partial charge in [-0.2, -0.15) is 23.2 Å². The third-order valence-corrected chi connectivity index (χ3v) is 3.88. The number of hydrogen-bond acceptors (Lipinski definition) is 7. The number of rotatable bonds is 2. The normalized spacial score (nSPS) is 23.6. The summed E-state index contributed by atoms with van der Waals surface area (Å²) in [6, 6.07) is 7.65. The van der Waals surface area contributed by atoms with Crippen LogP contribution in [-0.2, 0) is 19.0 Å². The molecule has 2 aliphatic rings. The fraction of sp³-hybridized carbons (Fsp3) is 0.438. The molecule has 1 aromatic rings. The quantitative estimate of drug-likeness (QED) is 0.738. The highest BCUT2D eigenvalue weighted by Crippen LogP contribution is 2.39. The first-order valence-electron chi connectivity index (χ1n) is 7.78. The van der Waals surface area contributed by atoms with Crippen LogP contribution in [0.15, 0.2) is 40.3 Å². The Morgan fingerprint density at radius 2 is 1.85 bits per heavy atom. The molecule has 0 aromatic heterocycles. The molecule has 3 rings (SSSR count). The van der Waals surface area contributed by atoms with Crippen LogP contribution in [0.1, 0.15) is 5.56 Å². The minimum absolute atomic E-state index is 0.274. The first-order valence-corrected chi connectivity index (χ1v) is 7.78. The molecule has 1 fully saturated rings. The van der Waals surface area contributed by atoms with E-state index in [-0.39, 0.29) is 30.6 Å². The first kappa shape index (κ1) is 18.2. The average molecular weight is 371 g/mol. The lowest BCUT2D eigenvalue weighted by atomic mass is 10.1. The summed E-state index contributed by atoms with van der Waals surface area (Å²) in [5.41, 5.74) is -3.13. The molecule has 0 bridgehead atoms. The van der Waals surface area contributed by atoms with Crippen molar-refractivity contribution in [2.45, 2.75) is 11.8 Å². The van der Waals surface area contributed by atoms with E-state index < -0.39 is 17.8 Å². The van der Waals surface area contributed by atoms with Crippen molar-refractivity contribution in [3.63, 3.8) is 0 Å². The zero-order valence-corrected chi connectivity index (χ0v) is 13.8.